The van der Waals surface area contributed by atoms with Gasteiger partial charge in [0.1, 0.15) is 0 Å². The maximum atomic E-state index is 12.0. The molecule has 1 fully saturated rings. The Kier molecular flexibility index (Phi) is 2.32. The van der Waals surface area contributed by atoms with Gasteiger partial charge >= 0.3 is 0 Å². The number of carbonyl (C=O) groups excluding carboxylic acids is 1. The van der Waals surface area contributed by atoms with Crippen molar-refractivity contribution in [1.29, 1.82) is 0 Å². The monoisotopic (exact) mass is 234 g/mol. The van der Waals surface area contributed by atoms with Gasteiger partial charge in [0.15, 0.2) is 0 Å². The van der Waals surface area contributed by atoms with Crippen LogP contribution in [0.3, 0.4) is 0 Å². The molecule has 84 valence electrons. The summed E-state index contributed by atoms with van der Waals surface area (Å²) in [6.45, 7) is 2.07. The number of rotatable bonds is 0. The van der Waals surface area contributed by atoms with Gasteiger partial charge in [0.05, 0.1) is 17.3 Å². The molecule has 1 amide bonds. The van der Waals surface area contributed by atoms with Crippen molar-refractivity contribution in [2.45, 2.75) is 13.0 Å². The molecule has 0 spiro atoms. The Labute approximate surface area is 99.0 Å². The minimum absolute atomic E-state index is 0.109. The van der Waals surface area contributed by atoms with Crippen LogP contribution in [-0.4, -0.2) is 23.5 Å². The number of amides is 1. The topological polar surface area (TPSA) is 41.1 Å². The average molecular weight is 234 g/mol. The highest BCUT2D eigenvalue weighted by Crippen LogP contribution is 2.34. The van der Waals surface area contributed by atoms with Crippen LogP contribution in [-0.2, 0) is 4.79 Å². The molecule has 3 nitrogen and oxygen atoms in total. The zero-order valence-corrected chi connectivity index (χ0v) is 9.93. The summed E-state index contributed by atoms with van der Waals surface area (Å²) in [5.74, 6) is 2.21. The zero-order valence-electron chi connectivity index (χ0n) is 9.12. The number of fused-ring (bicyclic) bond motifs is 2. The standard InChI is InChI=1S/C12H14N2OS/c1-7-2-3-9-10(4-7)13-11-6-16-5-8(11)12(15)14-9/h2-4,8,11,13H,5-6H2,1H3,(H,14,15). The van der Waals surface area contributed by atoms with Crippen LogP contribution in [0.15, 0.2) is 18.2 Å². The quantitative estimate of drug-likeness (QED) is 0.722. The van der Waals surface area contributed by atoms with Gasteiger partial charge < -0.3 is 10.6 Å². The molecule has 16 heavy (non-hydrogen) atoms. The molecule has 2 aliphatic heterocycles. The minimum atomic E-state index is 0.109. The van der Waals surface area contributed by atoms with Crippen molar-refractivity contribution in [1.82, 2.24) is 0 Å². The molecule has 0 saturated carbocycles. The van der Waals surface area contributed by atoms with Crippen molar-refractivity contribution in [3.63, 3.8) is 0 Å². The molecule has 1 aromatic rings. The SMILES string of the molecule is Cc1ccc2c(c1)NC1CSCC1C(=O)N2. The van der Waals surface area contributed by atoms with Gasteiger partial charge in [-0.1, -0.05) is 6.07 Å². The summed E-state index contributed by atoms with van der Waals surface area (Å²) in [4.78, 5) is 12.0. The third-order valence-corrected chi connectivity index (χ3v) is 4.38. The molecule has 2 atom stereocenters. The number of benzene rings is 1. The van der Waals surface area contributed by atoms with Crippen molar-refractivity contribution < 1.29 is 4.79 Å². The van der Waals surface area contributed by atoms with E-state index in [1.54, 1.807) is 0 Å². The molecule has 0 aliphatic carbocycles. The Bertz CT molecular complexity index is 447. The first-order valence-electron chi connectivity index (χ1n) is 5.50. The second-order valence-corrected chi connectivity index (χ2v) is 5.51. The molecule has 1 aromatic carbocycles. The molecule has 2 aliphatic rings. The molecule has 0 radical (unpaired) electrons. The lowest BCUT2D eigenvalue weighted by molar-refractivity contribution is -0.119. The highest BCUT2D eigenvalue weighted by Gasteiger charge is 2.36. The Balaban J connectivity index is 2.01. The number of nitrogens with one attached hydrogen (secondary N) is 2. The van der Waals surface area contributed by atoms with Crippen molar-refractivity contribution in [3.05, 3.63) is 23.8 Å². The summed E-state index contributed by atoms with van der Waals surface area (Å²) in [7, 11) is 0. The molecule has 1 saturated heterocycles. The Morgan fingerprint density at radius 3 is 3.06 bits per heavy atom. The van der Waals surface area contributed by atoms with Gasteiger partial charge in [0.25, 0.3) is 0 Å². The molecule has 3 rings (SSSR count). The second kappa shape index (κ2) is 3.70. The molecule has 2 unspecified atom stereocenters. The van der Waals surface area contributed by atoms with Crippen LogP contribution >= 0.6 is 11.8 Å². The fourth-order valence-electron chi connectivity index (χ4n) is 2.27. The van der Waals surface area contributed by atoms with Crippen LogP contribution in [0.2, 0.25) is 0 Å². The summed E-state index contributed by atoms with van der Waals surface area (Å²) < 4.78 is 0. The van der Waals surface area contributed by atoms with Crippen LogP contribution in [0, 0.1) is 12.8 Å². The van der Waals surface area contributed by atoms with E-state index in [1.807, 2.05) is 23.9 Å². The van der Waals surface area contributed by atoms with Crippen LogP contribution in [0.4, 0.5) is 11.4 Å². The first kappa shape index (κ1) is 10.0. The molecule has 0 bridgehead atoms. The van der Waals surface area contributed by atoms with Gasteiger partial charge in [0, 0.05) is 17.5 Å². The van der Waals surface area contributed by atoms with E-state index in [2.05, 4.69) is 23.6 Å². The van der Waals surface area contributed by atoms with Crippen LogP contribution in [0.1, 0.15) is 5.56 Å². The number of aryl methyl sites for hydroxylation is 1. The van der Waals surface area contributed by atoms with Crippen LogP contribution in [0.5, 0.6) is 0 Å². The van der Waals surface area contributed by atoms with Crippen LogP contribution < -0.4 is 10.6 Å². The van der Waals surface area contributed by atoms with Gasteiger partial charge in [-0.25, -0.2) is 0 Å². The van der Waals surface area contributed by atoms with Gasteiger partial charge in [-0.3, -0.25) is 4.79 Å². The predicted octanol–water partition coefficient (Wildman–Crippen LogP) is 2.09. The molecule has 2 heterocycles. The molecule has 0 aromatic heterocycles. The van der Waals surface area contributed by atoms with E-state index in [0.29, 0.717) is 0 Å². The lowest BCUT2D eigenvalue weighted by Gasteiger charge is -2.15. The lowest BCUT2D eigenvalue weighted by Crippen LogP contribution is -2.33. The summed E-state index contributed by atoms with van der Waals surface area (Å²) >= 11 is 1.85. The fraction of sp³-hybridized carbons (Fsp3) is 0.417. The van der Waals surface area contributed by atoms with Gasteiger partial charge in [0.2, 0.25) is 5.91 Å². The van der Waals surface area contributed by atoms with Crippen LogP contribution in [0.25, 0.3) is 0 Å². The molecular weight excluding hydrogens is 220 g/mol. The molecule has 4 heteroatoms. The Morgan fingerprint density at radius 2 is 2.19 bits per heavy atom. The first-order valence-corrected chi connectivity index (χ1v) is 6.65. The molecule has 2 N–H and O–H groups in total. The van der Waals surface area contributed by atoms with Gasteiger partial charge in [-0.05, 0) is 24.6 Å². The number of carbonyl (C=O) groups is 1. The van der Waals surface area contributed by atoms with E-state index in [9.17, 15) is 4.79 Å². The smallest absolute Gasteiger partial charge is 0.230 e. The summed E-state index contributed by atoms with van der Waals surface area (Å²) in [6.07, 6.45) is 0. The average Bonchev–Trinajstić information content (AvgIpc) is 2.65. The number of hydrogen-bond acceptors (Lipinski definition) is 3. The maximum Gasteiger partial charge on any atom is 0.230 e. The van der Waals surface area contributed by atoms with E-state index >= 15 is 0 Å². The zero-order chi connectivity index (χ0) is 11.1. The highest BCUT2D eigenvalue weighted by molar-refractivity contribution is 7.99. The van der Waals surface area contributed by atoms with Gasteiger partial charge in [-0.15, -0.1) is 0 Å². The largest absolute Gasteiger partial charge is 0.379 e. The van der Waals surface area contributed by atoms with E-state index < -0.39 is 0 Å². The fourth-order valence-corrected chi connectivity index (χ4v) is 3.61. The van der Waals surface area contributed by atoms with Crippen molar-refractivity contribution >= 4 is 29.0 Å². The summed E-state index contributed by atoms with van der Waals surface area (Å²) in [5.41, 5.74) is 3.18. The van der Waals surface area contributed by atoms with E-state index in [0.717, 1.165) is 22.9 Å². The predicted molar refractivity (Wildman–Crippen MR) is 68.0 cm³/mol. The van der Waals surface area contributed by atoms with E-state index in [1.165, 1.54) is 5.56 Å². The van der Waals surface area contributed by atoms with Crippen molar-refractivity contribution in [2.75, 3.05) is 22.1 Å². The maximum absolute atomic E-state index is 12.0. The van der Waals surface area contributed by atoms with Gasteiger partial charge in [-0.2, -0.15) is 11.8 Å². The van der Waals surface area contributed by atoms with E-state index in [-0.39, 0.29) is 17.9 Å². The third kappa shape index (κ3) is 1.57. The number of thioether (sulfide) groups is 1. The first-order chi connectivity index (χ1) is 7.74. The third-order valence-electron chi connectivity index (χ3n) is 3.19. The van der Waals surface area contributed by atoms with Crippen molar-refractivity contribution in [2.24, 2.45) is 5.92 Å². The summed E-state index contributed by atoms with van der Waals surface area (Å²) in [5, 5.41) is 6.49. The summed E-state index contributed by atoms with van der Waals surface area (Å²) in [6, 6.07) is 6.38. The number of hydrogen-bond donors (Lipinski definition) is 2. The highest BCUT2D eigenvalue weighted by atomic mass is 32.2. The lowest BCUT2D eigenvalue weighted by atomic mass is 10.0. The number of anilines is 2. The Morgan fingerprint density at radius 1 is 1.31 bits per heavy atom. The second-order valence-electron chi connectivity index (χ2n) is 4.43. The normalized spacial score (nSPS) is 27.4. The van der Waals surface area contributed by atoms with E-state index in [4.69, 9.17) is 0 Å². The minimum Gasteiger partial charge on any atom is -0.379 e. The Hall–Kier alpha value is -1.16. The van der Waals surface area contributed by atoms with Crippen molar-refractivity contribution in [3.8, 4) is 0 Å². The molecular formula is C12H14N2OS.